The molecule has 0 heterocycles. The Balaban J connectivity index is 1.73. The Labute approximate surface area is 194 Å². The summed E-state index contributed by atoms with van der Waals surface area (Å²) in [4.78, 5) is 0. The highest BCUT2D eigenvalue weighted by Crippen LogP contribution is 2.37. The Morgan fingerprint density at radius 1 is 0.333 bits per heavy atom. The summed E-state index contributed by atoms with van der Waals surface area (Å²) < 4.78 is 0. The molecule has 0 amide bonds. The van der Waals surface area contributed by atoms with Crippen LogP contribution in [0.15, 0.2) is 140 Å². The van der Waals surface area contributed by atoms with Gasteiger partial charge in [0.15, 0.2) is 0 Å². The Bertz CT molecular complexity index is 1310. The van der Waals surface area contributed by atoms with E-state index in [1.54, 1.807) is 12.1 Å². The number of aromatic hydroxyl groups is 1. The summed E-state index contributed by atoms with van der Waals surface area (Å²) in [6.45, 7) is 0. The van der Waals surface area contributed by atoms with E-state index in [4.69, 9.17) is 0 Å². The molecule has 0 spiro atoms. The molecule has 0 atom stereocenters. The molecule has 0 aromatic heterocycles. The van der Waals surface area contributed by atoms with Crippen LogP contribution in [0.25, 0.3) is 22.3 Å². The third kappa shape index (κ3) is 4.49. The van der Waals surface area contributed by atoms with Crippen LogP contribution in [-0.2, 0) is 0 Å². The fourth-order valence-electron chi connectivity index (χ4n) is 4.21. The van der Waals surface area contributed by atoms with Crippen molar-refractivity contribution in [1.82, 2.24) is 0 Å². The molecule has 0 aliphatic carbocycles. The molecule has 0 radical (unpaired) electrons. The first-order valence-electron chi connectivity index (χ1n) is 11.1. The molecule has 1 nitrogen and oxygen atoms in total. The lowest BCUT2D eigenvalue weighted by Crippen LogP contribution is -1.97. The Kier molecular flexibility index (Phi) is 5.86. The minimum absolute atomic E-state index is 0.278. The zero-order chi connectivity index (χ0) is 22.5. The van der Waals surface area contributed by atoms with Gasteiger partial charge in [-0.15, -0.1) is 0 Å². The van der Waals surface area contributed by atoms with Crippen LogP contribution in [0.3, 0.4) is 0 Å². The number of phenolic OH excluding ortho intramolecular Hbond substituents is 1. The van der Waals surface area contributed by atoms with Crippen molar-refractivity contribution in [1.29, 1.82) is 0 Å². The van der Waals surface area contributed by atoms with Gasteiger partial charge in [0.2, 0.25) is 0 Å². The van der Waals surface area contributed by atoms with Crippen LogP contribution >= 0.6 is 0 Å². The topological polar surface area (TPSA) is 20.2 Å². The van der Waals surface area contributed by atoms with E-state index in [-0.39, 0.29) is 5.75 Å². The fraction of sp³-hybridized carbons (Fsp3) is 0. The van der Waals surface area contributed by atoms with Gasteiger partial charge in [-0.2, -0.15) is 0 Å². The maximum absolute atomic E-state index is 9.62. The number of rotatable bonds is 5. The quantitative estimate of drug-likeness (QED) is 0.283. The zero-order valence-corrected chi connectivity index (χ0v) is 18.2. The first kappa shape index (κ1) is 20.5. The van der Waals surface area contributed by atoms with Crippen molar-refractivity contribution >= 4 is 11.1 Å². The molecular weight excluding hydrogens is 400 g/mol. The lowest BCUT2D eigenvalue weighted by Gasteiger charge is -2.18. The number of phenols is 1. The predicted molar refractivity (Wildman–Crippen MR) is 138 cm³/mol. The summed E-state index contributed by atoms with van der Waals surface area (Å²) in [6.07, 6.45) is 0. The van der Waals surface area contributed by atoms with Crippen molar-refractivity contribution in [2.45, 2.75) is 0 Å². The normalized spacial score (nSPS) is 10.5. The number of benzene rings is 5. The monoisotopic (exact) mass is 424 g/mol. The lowest BCUT2D eigenvalue weighted by molar-refractivity contribution is 0.475. The predicted octanol–water partition coefficient (Wildman–Crippen LogP) is 8.07. The van der Waals surface area contributed by atoms with E-state index in [0.29, 0.717) is 0 Å². The summed E-state index contributed by atoms with van der Waals surface area (Å²) >= 11 is 0. The molecule has 0 unspecified atom stereocenters. The van der Waals surface area contributed by atoms with E-state index in [9.17, 15) is 5.11 Å². The van der Waals surface area contributed by atoms with Gasteiger partial charge < -0.3 is 5.11 Å². The summed E-state index contributed by atoms with van der Waals surface area (Å²) in [6, 6.07) is 47.8. The van der Waals surface area contributed by atoms with Gasteiger partial charge >= 0.3 is 0 Å². The molecule has 0 fully saturated rings. The molecule has 5 rings (SSSR count). The van der Waals surface area contributed by atoms with Crippen LogP contribution < -0.4 is 0 Å². The SMILES string of the molecule is Oc1ccc(-c2ccc(C(=C(c3ccccc3)c3ccccc3)c3ccccc3)cc2)cc1. The van der Waals surface area contributed by atoms with Gasteiger partial charge in [-0.3, -0.25) is 0 Å². The molecule has 0 aliphatic rings. The third-order valence-corrected chi connectivity index (χ3v) is 5.81. The second kappa shape index (κ2) is 9.42. The summed E-state index contributed by atoms with van der Waals surface area (Å²) in [5, 5.41) is 9.62. The summed E-state index contributed by atoms with van der Waals surface area (Å²) in [7, 11) is 0. The van der Waals surface area contributed by atoms with E-state index in [1.165, 1.54) is 27.8 Å². The molecule has 158 valence electrons. The van der Waals surface area contributed by atoms with Crippen LogP contribution in [0, 0.1) is 0 Å². The van der Waals surface area contributed by atoms with E-state index >= 15 is 0 Å². The van der Waals surface area contributed by atoms with E-state index in [2.05, 4.69) is 115 Å². The van der Waals surface area contributed by atoms with Crippen molar-refractivity contribution < 1.29 is 5.11 Å². The molecule has 0 saturated carbocycles. The minimum atomic E-state index is 0.278. The van der Waals surface area contributed by atoms with Gasteiger partial charge in [0.1, 0.15) is 5.75 Å². The Hall–Kier alpha value is -4.36. The van der Waals surface area contributed by atoms with E-state index in [0.717, 1.165) is 16.7 Å². The molecule has 33 heavy (non-hydrogen) atoms. The van der Waals surface area contributed by atoms with Crippen molar-refractivity contribution in [3.05, 3.63) is 162 Å². The van der Waals surface area contributed by atoms with Gasteiger partial charge in [0.05, 0.1) is 0 Å². The van der Waals surface area contributed by atoms with Crippen molar-refractivity contribution in [3.8, 4) is 16.9 Å². The first-order chi connectivity index (χ1) is 16.3. The Morgan fingerprint density at radius 3 is 1.00 bits per heavy atom. The van der Waals surface area contributed by atoms with Crippen LogP contribution in [0.2, 0.25) is 0 Å². The second-order valence-electron chi connectivity index (χ2n) is 7.97. The van der Waals surface area contributed by atoms with Gasteiger partial charge in [-0.25, -0.2) is 0 Å². The van der Waals surface area contributed by atoms with E-state index < -0.39 is 0 Å². The van der Waals surface area contributed by atoms with E-state index in [1.807, 2.05) is 12.1 Å². The highest BCUT2D eigenvalue weighted by atomic mass is 16.3. The summed E-state index contributed by atoms with van der Waals surface area (Å²) in [5.41, 5.74) is 9.31. The van der Waals surface area contributed by atoms with Crippen molar-refractivity contribution in [3.63, 3.8) is 0 Å². The highest BCUT2D eigenvalue weighted by Gasteiger charge is 2.16. The zero-order valence-electron chi connectivity index (χ0n) is 18.2. The van der Waals surface area contributed by atoms with Gasteiger partial charge in [-0.1, -0.05) is 127 Å². The molecule has 0 bridgehead atoms. The molecule has 1 heteroatoms. The maximum Gasteiger partial charge on any atom is 0.115 e. The van der Waals surface area contributed by atoms with Gasteiger partial charge in [0, 0.05) is 0 Å². The molecule has 0 saturated heterocycles. The minimum Gasteiger partial charge on any atom is -0.508 e. The molecule has 0 aliphatic heterocycles. The van der Waals surface area contributed by atoms with Gasteiger partial charge in [0.25, 0.3) is 0 Å². The molecule has 1 N–H and O–H groups in total. The van der Waals surface area contributed by atoms with Crippen molar-refractivity contribution in [2.75, 3.05) is 0 Å². The molecular formula is C32H24O. The maximum atomic E-state index is 9.62. The van der Waals surface area contributed by atoms with Crippen molar-refractivity contribution in [2.24, 2.45) is 0 Å². The van der Waals surface area contributed by atoms with Crippen LogP contribution in [0.4, 0.5) is 0 Å². The second-order valence-corrected chi connectivity index (χ2v) is 7.97. The number of hydrogen-bond acceptors (Lipinski definition) is 1. The third-order valence-electron chi connectivity index (χ3n) is 5.81. The standard InChI is InChI=1S/C32H24O/c33-30-22-20-25(21-23-30)24-16-18-29(19-17-24)32(28-14-8-3-9-15-28)31(26-10-4-1-5-11-26)27-12-6-2-7-13-27/h1-23,33H. The number of hydrogen-bond donors (Lipinski definition) is 1. The van der Waals surface area contributed by atoms with Crippen LogP contribution in [0.1, 0.15) is 22.3 Å². The average molecular weight is 425 g/mol. The van der Waals surface area contributed by atoms with Gasteiger partial charge in [-0.05, 0) is 56.7 Å². The highest BCUT2D eigenvalue weighted by molar-refractivity contribution is 6.04. The summed E-state index contributed by atoms with van der Waals surface area (Å²) in [5.74, 6) is 0.278. The lowest BCUT2D eigenvalue weighted by atomic mass is 9.85. The molecule has 5 aromatic rings. The fourth-order valence-corrected chi connectivity index (χ4v) is 4.21. The smallest absolute Gasteiger partial charge is 0.115 e. The average Bonchev–Trinajstić information content (AvgIpc) is 2.89. The van der Waals surface area contributed by atoms with Crippen LogP contribution in [0.5, 0.6) is 5.75 Å². The first-order valence-corrected chi connectivity index (χ1v) is 11.1. The van der Waals surface area contributed by atoms with Crippen LogP contribution in [-0.4, -0.2) is 5.11 Å². The Morgan fingerprint density at radius 2 is 0.636 bits per heavy atom. The molecule has 5 aromatic carbocycles. The largest absolute Gasteiger partial charge is 0.508 e.